The number of carbonyl (C=O) groups is 1. The van der Waals surface area contributed by atoms with Gasteiger partial charge in [-0.15, -0.1) is 0 Å². The van der Waals surface area contributed by atoms with Gasteiger partial charge < -0.3 is 15.4 Å². The number of ether oxygens (including phenoxy) is 1. The quantitative estimate of drug-likeness (QED) is 0.630. The van der Waals surface area contributed by atoms with Crippen molar-refractivity contribution in [3.8, 4) is 0 Å². The molecular formula is C10H18N2O2. The molecule has 0 radical (unpaired) electrons. The molecule has 4 heteroatoms. The maximum Gasteiger partial charge on any atom is 0.410 e. The molecule has 2 unspecified atom stereocenters. The van der Waals surface area contributed by atoms with Gasteiger partial charge in [-0.05, 0) is 33.1 Å². The van der Waals surface area contributed by atoms with Crippen LogP contribution in [0.5, 0.6) is 0 Å². The molecule has 1 aliphatic carbocycles. The van der Waals surface area contributed by atoms with Crippen LogP contribution in [0.4, 0.5) is 4.79 Å². The molecule has 1 aliphatic heterocycles. The van der Waals surface area contributed by atoms with Crippen molar-refractivity contribution in [1.82, 2.24) is 4.90 Å². The van der Waals surface area contributed by atoms with E-state index in [9.17, 15) is 4.79 Å². The first-order valence-electron chi connectivity index (χ1n) is 5.14. The van der Waals surface area contributed by atoms with E-state index < -0.39 is 5.60 Å². The molecule has 2 aliphatic rings. The summed E-state index contributed by atoms with van der Waals surface area (Å²) in [5.74, 6) is 0.530. The fraction of sp³-hybridized carbons (Fsp3) is 0.900. The van der Waals surface area contributed by atoms with Crippen molar-refractivity contribution in [1.29, 1.82) is 0 Å². The van der Waals surface area contributed by atoms with Gasteiger partial charge in [-0.25, -0.2) is 4.79 Å². The summed E-state index contributed by atoms with van der Waals surface area (Å²) in [6, 6.07) is 0.521. The third-order valence-electron chi connectivity index (χ3n) is 2.79. The third kappa shape index (κ3) is 1.71. The Morgan fingerprint density at radius 1 is 1.50 bits per heavy atom. The van der Waals surface area contributed by atoms with E-state index in [4.69, 9.17) is 10.5 Å². The average molecular weight is 198 g/mol. The van der Waals surface area contributed by atoms with Crippen LogP contribution in [0.25, 0.3) is 0 Å². The number of piperidine rings is 1. The molecule has 14 heavy (non-hydrogen) atoms. The number of hydrogen-bond acceptors (Lipinski definition) is 3. The van der Waals surface area contributed by atoms with Gasteiger partial charge >= 0.3 is 6.09 Å². The molecule has 0 aromatic carbocycles. The lowest BCUT2D eigenvalue weighted by Crippen LogP contribution is -2.39. The van der Waals surface area contributed by atoms with Gasteiger partial charge in [0.15, 0.2) is 0 Å². The van der Waals surface area contributed by atoms with Crippen molar-refractivity contribution in [3.05, 3.63) is 0 Å². The molecule has 3 atom stereocenters. The molecule has 2 N–H and O–H groups in total. The van der Waals surface area contributed by atoms with Crippen LogP contribution in [0.1, 0.15) is 27.2 Å². The normalized spacial score (nSPS) is 35.4. The summed E-state index contributed by atoms with van der Waals surface area (Å²) < 4.78 is 5.30. The number of nitrogens with two attached hydrogens (primary N) is 1. The molecule has 1 amide bonds. The Labute approximate surface area is 84.4 Å². The number of carbonyl (C=O) groups excluding carboxylic acids is 1. The molecule has 80 valence electrons. The van der Waals surface area contributed by atoms with Gasteiger partial charge in [-0.3, -0.25) is 0 Å². The van der Waals surface area contributed by atoms with Gasteiger partial charge in [0.25, 0.3) is 0 Å². The standard InChI is InChI=1S/C10H18N2O2/c1-10(2,3)14-9(13)12-5-7(11)6-4-8(6)12/h6-8H,4-5,11H2,1-3H3/t6?,7-,8?/m0/s1. The van der Waals surface area contributed by atoms with Crippen LogP contribution in [0.2, 0.25) is 0 Å². The largest absolute Gasteiger partial charge is 0.444 e. The van der Waals surface area contributed by atoms with Crippen LogP contribution < -0.4 is 5.73 Å². The second-order valence-corrected chi connectivity index (χ2v) is 5.26. The fourth-order valence-corrected chi connectivity index (χ4v) is 2.05. The number of rotatable bonds is 0. The van der Waals surface area contributed by atoms with Gasteiger partial charge in [0.2, 0.25) is 0 Å². The number of fused-ring (bicyclic) bond motifs is 1. The topological polar surface area (TPSA) is 55.6 Å². The monoisotopic (exact) mass is 198 g/mol. The summed E-state index contributed by atoms with van der Waals surface area (Å²) >= 11 is 0. The predicted molar refractivity (Wildman–Crippen MR) is 52.8 cm³/mol. The highest BCUT2D eigenvalue weighted by Gasteiger charge is 2.54. The lowest BCUT2D eigenvalue weighted by molar-refractivity contribution is 0.0260. The van der Waals surface area contributed by atoms with Crippen molar-refractivity contribution >= 4 is 6.09 Å². The summed E-state index contributed by atoms with van der Waals surface area (Å²) in [6.07, 6.45) is 0.846. The summed E-state index contributed by atoms with van der Waals surface area (Å²) in [7, 11) is 0. The van der Waals surface area contributed by atoms with Crippen LogP contribution in [-0.2, 0) is 4.74 Å². The van der Waals surface area contributed by atoms with E-state index in [2.05, 4.69) is 0 Å². The minimum Gasteiger partial charge on any atom is -0.444 e. The van der Waals surface area contributed by atoms with E-state index in [-0.39, 0.29) is 12.1 Å². The van der Waals surface area contributed by atoms with Gasteiger partial charge in [-0.1, -0.05) is 0 Å². The number of amides is 1. The van der Waals surface area contributed by atoms with Gasteiger partial charge in [-0.2, -0.15) is 0 Å². The Hall–Kier alpha value is -0.770. The smallest absolute Gasteiger partial charge is 0.410 e. The predicted octanol–water partition coefficient (Wildman–Crippen LogP) is 0.953. The second-order valence-electron chi connectivity index (χ2n) is 5.26. The summed E-state index contributed by atoms with van der Waals surface area (Å²) in [5, 5.41) is 0. The zero-order valence-corrected chi connectivity index (χ0v) is 8.99. The summed E-state index contributed by atoms with van der Waals surface area (Å²) in [4.78, 5) is 13.5. The fourth-order valence-electron chi connectivity index (χ4n) is 2.05. The number of nitrogens with zero attached hydrogens (tertiary/aromatic N) is 1. The molecule has 1 saturated carbocycles. The summed E-state index contributed by atoms with van der Waals surface area (Å²) in [6.45, 7) is 6.30. The average Bonchev–Trinajstić information content (AvgIpc) is 2.69. The van der Waals surface area contributed by atoms with Crippen LogP contribution >= 0.6 is 0 Å². The van der Waals surface area contributed by atoms with E-state index in [1.165, 1.54) is 0 Å². The Morgan fingerprint density at radius 2 is 2.14 bits per heavy atom. The molecule has 1 heterocycles. The highest BCUT2D eigenvalue weighted by molar-refractivity contribution is 5.70. The highest BCUT2D eigenvalue weighted by atomic mass is 16.6. The third-order valence-corrected chi connectivity index (χ3v) is 2.79. The van der Waals surface area contributed by atoms with Gasteiger partial charge in [0.05, 0.1) is 0 Å². The lowest BCUT2D eigenvalue weighted by Gasteiger charge is -2.25. The van der Waals surface area contributed by atoms with Crippen molar-refractivity contribution in [2.24, 2.45) is 11.7 Å². The minimum absolute atomic E-state index is 0.160. The highest BCUT2D eigenvalue weighted by Crippen LogP contribution is 2.44. The molecule has 0 aromatic rings. The zero-order chi connectivity index (χ0) is 10.5. The van der Waals surface area contributed by atoms with E-state index >= 15 is 0 Å². The Morgan fingerprint density at radius 3 is 2.50 bits per heavy atom. The Bertz CT molecular complexity index is 259. The number of likely N-dealkylation sites (tertiary alicyclic amines) is 1. The molecule has 2 fully saturated rings. The van der Waals surface area contributed by atoms with Crippen LogP contribution in [0.3, 0.4) is 0 Å². The zero-order valence-electron chi connectivity index (χ0n) is 8.99. The van der Waals surface area contributed by atoms with Gasteiger partial charge in [0.1, 0.15) is 5.60 Å². The number of hydrogen-bond donors (Lipinski definition) is 1. The molecule has 2 rings (SSSR count). The van der Waals surface area contributed by atoms with Crippen LogP contribution in [0.15, 0.2) is 0 Å². The maximum atomic E-state index is 11.7. The van der Waals surface area contributed by atoms with Crippen molar-refractivity contribution in [3.63, 3.8) is 0 Å². The minimum atomic E-state index is -0.409. The van der Waals surface area contributed by atoms with Crippen molar-refractivity contribution < 1.29 is 9.53 Å². The molecule has 0 aromatic heterocycles. The molecule has 0 spiro atoms. The Balaban J connectivity index is 1.93. The molecular weight excluding hydrogens is 180 g/mol. The summed E-state index contributed by atoms with van der Waals surface area (Å²) in [5.41, 5.74) is 5.45. The Kier molecular flexibility index (Phi) is 2.00. The first-order valence-corrected chi connectivity index (χ1v) is 5.14. The van der Waals surface area contributed by atoms with Crippen molar-refractivity contribution in [2.45, 2.75) is 44.9 Å². The van der Waals surface area contributed by atoms with E-state index in [0.29, 0.717) is 18.5 Å². The molecule has 4 nitrogen and oxygen atoms in total. The first kappa shape index (κ1) is 9.77. The van der Waals surface area contributed by atoms with Crippen LogP contribution in [-0.4, -0.2) is 35.2 Å². The van der Waals surface area contributed by atoms with Crippen LogP contribution in [0, 0.1) is 5.92 Å². The first-order chi connectivity index (χ1) is 6.38. The van der Waals surface area contributed by atoms with Crippen molar-refractivity contribution in [2.75, 3.05) is 6.54 Å². The molecule has 1 saturated heterocycles. The second kappa shape index (κ2) is 2.86. The van der Waals surface area contributed by atoms with E-state index in [1.54, 1.807) is 4.90 Å². The van der Waals surface area contributed by atoms with Gasteiger partial charge in [0, 0.05) is 18.6 Å². The van der Waals surface area contributed by atoms with E-state index in [1.807, 2.05) is 20.8 Å². The molecule has 0 bridgehead atoms. The van der Waals surface area contributed by atoms with E-state index in [0.717, 1.165) is 6.42 Å². The lowest BCUT2D eigenvalue weighted by atomic mass is 10.2. The SMILES string of the molecule is CC(C)(C)OC(=O)N1C[C@H](N)C2CC21. The maximum absolute atomic E-state index is 11.7.